The Kier molecular flexibility index (Phi) is 5.15. The van der Waals surface area contributed by atoms with Crippen LogP contribution in [-0.4, -0.2) is 30.2 Å². The number of amides is 1. The van der Waals surface area contributed by atoms with Crippen molar-refractivity contribution >= 4 is 11.6 Å². The summed E-state index contributed by atoms with van der Waals surface area (Å²) in [5.41, 5.74) is 1.54. The van der Waals surface area contributed by atoms with Crippen LogP contribution >= 0.6 is 0 Å². The average molecular weight is 270 g/mol. The molecule has 2 aromatic rings. The van der Waals surface area contributed by atoms with Crippen LogP contribution in [0.4, 0.5) is 5.69 Å². The van der Waals surface area contributed by atoms with Crippen molar-refractivity contribution in [3.05, 3.63) is 66.2 Å². The van der Waals surface area contributed by atoms with E-state index in [-0.39, 0.29) is 12.5 Å². The van der Waals surface area contributed by atoms with Gasteiger partial charge in [0.05, 0.1) is 6.10 Å². The van der Waals surface area contributed by atoms with Gasteiger partial charge in [-0.1, -0.05) is 36.4 Å². The zero-order chi connectivity index (χ0) is 14.2. The third kappa shape index (κ3) is 4.40. The molecule has 0 spiro atoms. The minimum absolute atomic E-state index is 0.177. The zero-order valence-electron chi connectivity index (χ0n) is 11.1. The molecule has 0 aliphatic carbocycles. The largest absolute Gasteiger partial charge is 0.389 e. The molecule has 4 nitrogen and oxygen atoms in total. The number of carbonyl (C=O) groups excluding carboxylic acids is 1. The van der Waals surface area contributed by atoms with Crippen molar-refractivity contribution in [1.82, 2.24) is 5.32 Å². The molecule has 0 saturated heterocycles. The maximum Gasteiger partial charge on any atom is 0.251 e. The van der Waals surface area contributed by atoms with Gasteiger partial charge in [-0.25, -0.2) is 0 Å². The summed E-state index contributed by atoms with van der Waals surface area (Å²) in [5.74, 6) is -0.177. The number of para-hydroxylation sites is 1. The minimum atomic E-state index is -0.636. The van der Waals surface area contributed by atoms with Crippen molar-refractivity contribution < 1.29 is 9.90 Å². The van der Waals surface area contributed by atoms with E-state index in [1.807, 2.05) is 48.5 Å². The highest BCUT2D eigenvalue weighted by Crippen LogP contribution is 2.04. The molecule has 104 valence electrons. The maximum atomic E-state index is 11.8. The molecule has 0 aliphatic heterocycles. The van der Waals surface area contributed by atoms with Gasteiger partial charge in [0, 0.05) is 24.3 Å². The van der Waals surface area contributed by atoms with Crippen LogP contribution in [0.15, 0.2) is 60.7 Å². The number of aliphatic hydroxyl groups excluding tert-OH is 1. The van der Waals surface area contributed by atoms with Crippen molar-refractivity contribution in [2.75, 3.05) is 18.4 Å². The second-order valence-corrected chi connectivity index (χ2v) is 4.48. The van der Waals surface area contributed by atoms with E-state index in [1.165, 1.54) is 0 Å². The molecule has 4 heteroatoms. The van der Waals surface area contributed by atoms with Gasteiger partial charge in [-0.15, -0.1) is 0 Å². The van der Waals surface area contributed by atoms with Gasteiger partial charge in [0.25, 0.3) is 5.91 Å². The highest BCUT2D eigenvalue weighted by Gasteiger charge is 2.08. The molecule has 0 heterocycles. The van der Waals surface area contributed by atoms with Gasteiger partial charge >= 0.3 is 0 Å². The van der Waals surface area contributed by atoms with E-state index in [4.69, 9.17) is 0 Å². The molecule has 0 aromatic heterocycles. The predicted octanol–water partition coefficient (Wildman–Crippen LogP) is 1.89. The van der Waals surface area contributed by atoms with Crippen LogP contribution in [0.5, 0.6) is 0 Å². The summed E-state index contributed by atoms with van der Waals surface area (Å²) >= 11 is 0. The minimum Gasteiger partial charge on any atom is -0.389 e. The number of hydrogen-bond acceptors (Lipinski definition) is 3. The van der Waals surface area contributed by atoms with Crippen molar-refractivity contribution in [3.8, 4) is 0 Å². The summed E-state index contributed by atoms with van der Waals surface area (Å²) in [6.45, 7) is 0.604. The lowest BCUT2D eigenvalue weighted by atomic mass is 10.2. The Balaban J connectivity index is 1.73. The molecule has 3 N–H and O–H groups in total. The summed E-state index contributed by atoms with van der Waals surface area (Å²) in [6.07, 6.45) is -0.636. The number of aliphatic hydroxyl groups is 1. The van der Waals surface area contributed by atoms with E-state index < -0.39 is 6.10 Å². The van der Waals surface area contributed by atoms with E-state index >= 15 is 0 Å². The summed E-state index contributed by atoms with van der Waals surface area (Å²) in [6, 6.07) is 18.6. The Morgan fingerprint density at radius 3 is 2.20 bits per heavy atom. The fraction of sp³-hybridized carbons (Fsp3) is 0.188. The van der Waals surface area contributed by atoms with Gasteiger partial charge in [0.1, 0.15) is 0 Å². The molecule has 0 bridgehead atoms. The molecular formula is C16H18N2O2. The standard InChI is InChI=1S/C16H18N2O2/c19-15(11-17-14-9-5-2-6-10-14)12-18-16(20)13-7-3-1-4-8-13/h1-10,15,17,19H,11-12H2,(H,18,20). The van der Waals surface area contributed by atoms with Crippen molar-refractivity contribution in [3.63, 3.8) is 0 Å². The number of carbonyl (C=O) groups is 1. The van der Waals surface area contributed by atoms with Crippen LogP contribution in [0.2, 0.25) is 0 Å². The van der Waals surface area contributed by atoms with Gasteiger partial charge < -0.3 is 15.7 Å². The van der Waals surface area contributed by atoms with Crippen LogP contribution < -0.4 is 10.6 Å². The Labute approximate surface area is 118 Å². The van der Waals surface area contributed by atoms with Crippen LogP contribution in [-0.2, 0) is 0 Å². The molecule has 0 aliphatic rings. The van der Waals surface area contributed by atoms with E-state index in [1.54, 1.807) is 12.1 Å². The first-order chi connectivity index (χ1) is 9.75. The Morgan fingerprint density at radius 1 is 0.950 bits per heavy atom. The lowest BCUT2D eigenvalue weighted by Gasteiger charge is -2.13. The van der Waals surface area contributed by atoms with Crippen molar-refractivity contribution in [2.24, 2.45) is 0 Å². The predicted molar refractivity (Wildman–Crippen MR) is 79.7 cm³/mol. The summed E-state index contributed by atoms with van der Waals surface area (Å²) < 4.78 is 0. The van der Waals surface area contributed by atoms with Gasteiger partial charge in [0.15, 0.2) is 0 Å². The molecule has 1 amide bonds. The van der Waals surface area contributed by atoms with Crippen LogP contribution in [0.1, 0.15) is 10.4 Å². The number of anilines is 1. The quantitative estimate of drug-likeness (QED) is 0.751. The van der Waals surface area contributed by atoms with Crippen LogP contribution in [0, 0.1) is 0 Å². The van der Waals surface area contributed by atoms with E-state index in [0.29, 0.717) is 12.1 Å². The van der Waals surface area contributed by atoms with Crippen molar-refractivity contribution in [1.29, 1.82) is 0 Å². The topological polar surface area (TPSA) is 61.4 Å². The molecular weight excluding hydrogens is 252 g/mol. The molecule has 1 unspecified atom stereocenters. The smallest absolute Gasteiger partial charge is 0.251 e. The fourth-order valence-electron chi connectivity index (χ4n) is 1.77. The first kappa shape index (κ1) is 14.1. The maximum absolute atomic E-state index is 11.8. The number of rotatable bonds is 6. The Bertz CT molecular complexity index is 529. The number of benzene rings is 2. The molecule has 0 radical (unpaired) electrons. The molecule has 2 rings (SSSR count). The summed E-state index contributed by atoms with van der Waals surface area (Å²) in [7, 11) is 0. The summed E-state index contributed by atoms with van der Waals surface area (Å²) in [5, 5.41) is 15.6. The molecule has 1 atom stereocenters. The van der Waals surface area contributed by atoms with E-state index in [2.05, 4.69) is 10.6 Å². The monoisotopic (exact) mass is 270 g/mol. The van der Waals surface area contributed by atoms with Gasteiger partial charge in [0.2, 0.25) is 0 Å². The molecule has 0 saturated carbocycles. The average Bonchev–Trinajstić information content (AvgIpc) is 2.52. The normalized spacial score (nSPS) is 11.7. The molecule has 0 fully saturated rings. The second-order valence-electron chi connectivity index (χ2n) is 4.48. The lowest BCUT2D eigenvalue weighted by Crippen LogP contribution is -2.35. The Hall–Kier alpha value is -2.33. The molecule has 2 aromatic carbocycles. The summed E-state index contributed by atoms with van der Waals surface area (Å²) in [4.78, 5) is 11.8. The van der Waals surface area contributed by atoms with Gasteiger partial charge in [-0.05, 0) is 24.3 Å². The SMILES string of the molecule is O=C(NCC(O)CNc1ccccc1)c1ccccc1. The fourth-order valence-corrected chi connectivity index (χ4v) is 1.77. The lowest BCUT2D eigenvalue weighted by molar-refractivity contribution is 0.0922. The van der Waals surface area contributed by atoms with Gasteiger partial charge in [-0.3, -0.25) is 4.79 Å². The number of hydrogen-bond donors (Lipinski definition) is 3. The molecule has 20 heavy (non-hydrogen) atoms. The first-order valence-corrected chi connectivity index (χ1v) is 6.56. The zero-order valence-corrected chi connectivity index (χ0v) is 11.1. The number of nitrogens with one attached hydrogen (secondary N) is 2. The Morgan fingerprint density at radius 2 is 1.55 bits per heavy atom. The van der Waals surface area contributed by atoms with Crippen LogP contribution in [0.25, 0.3) is 0 Å². The van der Waals surface area contributed by atoms with Crippen LogP contribution in [0.3, 0.4) is 0 Å². The highest BCUT2D eigenvalue weighted by molar-refractivity contribution is 5.94. The van der Waals surface area contributed by atoms with Gasteiger partial charge in [-0.2, -0.15) is 0 Å². The third-order valence-electron chi connectivity index (χ3n) is 2.85. The van der Waals surface area contributed by atoms with E-state index in [0.717, 1.165) is 5.69 Å². The van der Waals surface area contributed by atoms with E-state index in [9.17, 15) is 9.90 Å². The third-order valence-corrected chi connectivity index (χ3v) is 2.85. The second kappa shape index (κ2) is 7.31. The highest BCUT2D eigenvalue weighted by atomic mass is 16.3. The van der Waals surface area contributed by atoms with Crippen molar-refractivity contribution in [2.45, 2.75) is 6.10 Å². The first-order valence-electron chi connectivity index (χ1n) is 6.56.